The summed E-state index contributed by atoms with van der Waals surface area (Å²) in [7, 11) is 0. The van der Waals surface area contributed by atoms with Crippen molar-refractivity contribution in [2.45, 2.75) is 45.6 Å². The van der Waals surface area contributed by atoms with Gasteiger partial charge in [-0.05, 0) is 62.1 Å². The lowest BCUT2D eigenvalue weighted by atomic mass is 9.81. The van der Waals surface area contributed by atoms with E-state index >= 15 is 0 Å². The zero-order valence-electron chi connectivity index (χ0n) is 16.7. The van der Waals surface area contributed by atoms with E-state index in [1.165, 1.54) is 6.92 Å². The maximum absolute atomic E-state index is 12.8. The average molecular weight is 398 g/mol. The predicted octanol–water partition coefficient (Wildman–Crippen LogP) is 2.15. The van der Waals surface area contributed by atoms with Crippen molar-refractivity contribution in [1.82, 2.24) is 4.90 Å². The molecule has 4 rings (SSSR count). The molecule has 0 unspecified atom stereocenters. The summed E-state index contributed by atoms with van der Waals surface area (Å²) < 4.78 is 5.09. The van der Waals surface area contributed by atoms with Gasteiger partial charge in [0.25, 0.3) is 5.91 Å². The summed E-state index contributed by atoms with van der Waals surface area (Å²) in [5.41, 5.74) is 1.77. The van der Waals surface area contributed by atoms with Crippen molar-refractivity contribution in [3.05, 3.63) is 29.8 Å². The van der Waals surface area contributed by atoms with E-state index in [9.17, 15) is 19.2 Å². The molecular weight excluding hydrogens is 372 g/mol. The quantitative estimate of drug-likeness (QED) is 0.585. The molecular formula is C22H26N2O5. The molecule has 7 heteroatoms. The van der Waals surface area contributed by atoms with Gasteiger partial charge >= 0.3 is 5.97 Å². The minimum Gasteiger partial charge on any atom is -0.454 e. The third-order valence-electron chi connectivity index (χ3n) is 6.68. The van der Waals surface area contributed by atoms with Crippen LogP contribution in [-0.2, 0) is 30.3 Å². The summed E-state index contributed by atoms with van der Waals surface area (Å²) in [6.07, 6.45) is 3.81. The van der Waals surface area contributed by atoms with E-state index in [0.717, 1.165) is 36.1 Å². The summed E-state index contributed by atoms with van der Waals surface area (Å²) in [6.45, 7) is 3.07. The van der Waals surface area contributed by atoms with E-state index in [4.69, 9.17) is 4.74 Å². The fraction of sp³-hybridized carbons (Fsp3) is 0.545. The second-order valence-electron chi connectivity index (χ2n) is 8.31. The minimum atomic E-state index is -1.02. The third kappa shape index (κ3) is 3.43. The molecule has 0 spiro atoms. The van der Waals surface area contributed by atoms with Crippen LogP contribution in [0.5, 0.6) is 0 Å². The van der Waals surface area contributed by atoms with Crippen molar-refractivity contribution in [1.29, 1.82) is 0 Å². The van der Waals surface area contributed by atoms with Crippen LogP contribution >= 0.6 is 0 Å². The van der Waals surface area contributed by atoms with Crippen molar-refractivity contribution < 1.29 is 23.9 Å². The summed E-state index contributed by atoms with van der Waals surface area (Å²) in [6, 6.07) is 6.39. The lowest BCUT2D eigenvalue weighted by molar-refractivity contribution is -0.159. The number of rotatable bonds is 6. The largest absolute Gasteiger partial charge is 0.454 e. The number of hydrogen-bond donors (Lipinski definition) is 1. The van der Waals surface area contributed by atoms with Crippen LogP contribution in [0.15, 0.2) is 24.3 Å². The number of ether oxygens (including phenoxy) is 1. The predicted molar refractivity (Wildman–Crippen MR) is 105 cm³/mol. The Morgan fingerprint density at radius 2 is 1.69 bits per heavy atom. The molecule has 7 nitrogen and oxygen atoms in total. The van der Waals surface area contributed by atoms with Gasteiger partial charge in [0, 0.05) is 5.69 Å². The summed E-state index contributed by atoms with van der Waals surface area (Å²) >= 11 is 0. The minimum absolute atomic E-state index is 0.253. The van der Waals surface area contributed by atoms with Crippen molar-refractivity contribution in [2.75, 3.05) is 11.9 Å². The molecule has 3 amide bonds. The van der Waals surface area contributed by atoms with E-state index < -0.39 is 24.5 Å². The van der Waals surface area contributed by atoms with Crippen molar-refractivity contribution >= 4 is 29.4 Å². The molecule has 1 N–H and O–H groups in total. The standard InChI is InChI=1S/C22H26N2O5/c1-3-13-4-8-16(9-5-13)23-17(25)11-29-22(28)12(2)24-20(26)18-14-6-7-15(10-14)19(18)21(24)27/h4-5,8-9,12,14-15,18-19H,3,6-7,10-11H2,1-2H3,(H,23,25)/t12-,14-,15+,18-,19+/m0/s1. The fourth-order valence-electron chi connectivity index (χ4n) is 5.20. The number of carbonyl (C=O) groups is 4. The first-order valence-corrected chi connectivity index (χ1v) is 10.3. The molecule has 1 heterocycles. The summed E-state index contributed by atoms with van der Waals surface area (Å²) in [4.78, 5) is 51.1. The summed E-state index contributed by atoms with van der Waals surface area (Å²) in [5.74, 6) is -1.73. The first kappa shape index (κ1) is 19.6. The van der Waals surface area contributed by atoms with Crippen molar-refractivity contribution in [2.24, 2.45) is 23.7 Å². The molecule has 154 valence electrons. The van der Waals surface area contributed by atoms with Crippen LogP contribution in [0.3, 0.4) is 0 Å². The monoisotopic (exact) mass is 398 g/mol. The Morgan fingerprint density at radius 1 is 1.10 bits per heavy atom. The molecule has 2 saturated carbocycles. The van der Waals surface area contributed by atoms with Gasteiger partial charge < -0.3 is 10.1 Å². The molecule has 1 aliphatic heterocycles. The van der Waals surface area contributed by atoms with Crippen LogP contribution in [0.1, 0.15) is 38.7 Å². The van der Waals surface area contributed by atoms with E-state index in [0.29, 0.717) is 5.69 Å². The Balaban J connectivity index is 1.32. The molecule has 0 radical (unpaired) electrons. The zero-order valence-corrected chi connectivity index (χ0v) is 16.7. The first-order valence-electron chi connectivity index (χ1n) is 10.3. The molecule has 3 aliphatic rings. The SMILES string of the molecule is CCc1ccc(NC(=O)COC(=O)[C@H](C)N2C(=O)[C@@H]3[C@@H]4CC[C@@H](C4)[C@@H]3C2=O)cc1. The second kappa shape index (κ2) is 7.61. The molecule has 2 aliphatic carbocycles. The second-order valence-corrected chi connectivity index (χ2v) is 8.31. The Labute approximate surface area is 169 Å². The number of fused-ring (bicyclic) bond motifs is 5. The molecule has 1 aromatic carbocycles. The van der Waals surface area contributed by atoms with Gasteiger partial charge in [-0.1, -0.05) is 19.1 Å². The highest BCUT2D eigenvalue weighted by molar-refractivity contribution is 6.08. The van der Waals surface area contributed by atoms with Gasteiger partial charge in [0.15, 0.2) is 6.61 Å². The number of anilines is 1. The number of benzene rings is 1. The molecule has 29 heavy (non-hydrogen) atoms. The van der Waals surface area contributed by atoms with Crippen molar-refractivity contribution in [3.8, 4) is 0 Å². The Kier molecular flexibility index (Phi) is 5.15. The maximum atomic E-state index is 12.8. The number of nitrogens with one attached hydrogen (secondary N) is 1. The zero-order chi connectivity index (χ0) is 20.7. The van der Waals surface area contributed by atoms with E-state index in [1.807, 2.05) is 19.1 Å². The molecule has 1 aromatic rings. The highest BCUT2D eigenvalue weighted by atomic mass is 16.5. The Bertz CT molecular complexity index is 821. The lowest BCUT2D eigenvalue weighted by Gasteiger charge is -2.23. The lowest BCUT2D eigenvalue weighted by Crippen LogP contribution is -2.45. The van der Waals surface area contributed by atoms with Gasteiger partial charge in [-0.3, -0.25) is 19.3 Å². The van der Waals surface area contributed by atoms with E-state index in [2.05, 4.69) is 5.32 Å². The normalized spacial score (nSPS) is 28.4. The average Bonchev–Trinajstić information content (AvgIpc) is 3.40. The Hall–Kier alpha value is -2.70. The van der Waals surface area contributed by atoms with Gasteiger partial charge in [0.2, 0.25) is 11.8 Å². The molecule has 2 bridgehead atoms. The van der Waals surface area contributed by atoms with Crippen LogP contribution in [0.25, 0.3) is 0 Å². The maximum Gasteiger partial charge on any atom is 0.329 e. The van der Waals surface area contributed by atoms with Crippen LogP contribution in [0.2, 0.25) is 0 Å². The van der Waals surface area contributed by atoms with Crippen LogP contribution in [0, 0.1) is 23.7 Å². The number of nitrogens with zero attached hydrogens (tertiary/aromatic N) is 1. The number of hydrogen-bond acceptors (Lipinski definition) is 5. The highest BCUT2D eigenvalue weighted by Crippen LogP contribution is 2.56. The van der Waals surface area contributed by atoms with E-state index in [-0.39, 0.29) is 35.5 Å². The van der Waals surface area contributed by atoms with Crippen molar-refractivity contribution in [3.63, 3.8) is 0 Å². The highest BCUT2D eigenvalue weighted by Gasteiger charge is 2.62. The molecule has 0 aromatic heterocycles. The Morgan fingerprint density at radius 3 is 2.24 bits per heavy atom. The van der Waals surface area contributed by atoms with Gasteiger partial charge in [-0.25, -0.2) is 4.79 Å². The van der Waals surface area contributed by atoms with Crippen LogP contribution in [0.4, 0.5) is 5.69 Å². The third-order valence-corrected chi connectivity index (χ3v) is 6.68. The molecule has 1 saturated heterocycles. The number of carbonyl (C=O) groups excluding carboxylic acids is 4. The molecule has 3 fully saturated rings. The first-order chi connectivity index (χ1) is 13.9. The fourth-order valence-corrected chi connectivity index (χ4v) is 5.20. The van der Waals surface area contributed by atoms with Gasteiger partial charge in [0.1, 0.15) is 6.04 Å². The number of aryl methyl sites for hydroxylation is 1. The van der Waals surface area contributed by atoms with Crippen LogP contribution in [-0.4, -0.2) is 41.2 Å². The number of imide groups is 1. The molecule has 5 atom stereocenters. The number of amides is 3. The smallest absolute Gasteiger partial charge is 0.329 e. The number of esters is 1. The van der Waals surface area contributed by atoms with Gasteiger partial charge in [-0.15, -0.1) is 0 Å². The van der Waals surface area contributed by atoms with Gasteiger partial charge in [-0.2, -0.15) is 0 Å². The summed E-state index contributed by atoms with van der Waals surface area (Å²) in [5, 5.41) is 2.66. The van der Waals surface area contributed by atoms with Crippen LogP contribution < -0.4 is 5.32 Å². The topological polar surface area (TPSA) is 92.8 Å². The van der Waals surface area contributed by atoms with E-state index in [1.54, 1.807) is 12.1 Å². The van der Waals surface area contributed by atoms with Gasteiger partial charge in [0.05, 0.1) is 11.8 Å². The number of likely N-dealkylation sites (tertiary alicyclic amines) is 1.